The van der Waals surface area contributed by atoms with E-state index in [2.05, 4.69) is 24.9 Å². The van der Waals surface area contributed by atoms with Crippen LogP contribution in [0.15, 0.2) is 59.5 Å². The average molecular weight is 494 g/mol. The van der Waals surface area contributed by atoms with Gasteiger partial charge >= 0.3 is 6.18 Å². The van der Waals surface area contributed by atoms with Gasteiger partial charge in [0.2, 0.25) is 0 Å². The Hall–Kier alpha value is -3.38. The van der Waals surface area contributed by atoms with Crippen molar-refractivity contribution in [2.24, 2.45) is 0 Å². The molecule has 1 saturated heterocycles. The molecular weight excluding hydrogens is 471 g/mol. The maximum absolute atomic E-state index is 13.2. The van der Waals surface area contributed by atoms with Gasteiger partial charge < -0.3 is 15.0 Å². The van der Waals surface area contributed by atoms with Crippen LogP contribution in [0.1, 0.15) is 11.4 Å². The number of aromatic nitrogens is 2. The first-order valence-corrected chi connectivity index (χ1v) is 11.8. The monoisotopic (exact) mass is 493 g/mol. The molecule has 2 heterocycles. The van der Waals surface area contributed by atoms with Crippen LogP contribution in [0.5, 0.6) is 0 Å². The van der Waals surface area contributed by atoms with Crippen LogP contribution >= 0.6 is 0 Å². The fourth-order valence-corrected chi connectivity index (χ4v) is 4.77. The number of hydrogen-bond donors (Lipinski definition) is 2. The van der Waals surface area contributed by atoms with E-state index in [1.807, 2.05) is 6.07 Å². The Morgan fingerprint density at radius 3 is 2.29 bits per heavy atom. The van der Waals surface area contributed by atoms with Crippen molar-refractivity contribution in [1.29, 1.82) is 0 Å². The summed E-state index contributed by atoms with van der Waals surface area (Å²) in [5, 5.41) is 3.14. The summed E-state index contributed by atoms with van der Waals surface area (Å²) < 4.78 is 72.5. The molecule has 1 aliphatic heterocycles. The van der Waals surface area contributed by atoms with Crippen LogP contribution in [0.25, 0.3) is 0 Å². The van der Waals surface area contributed by atoms with E-state index in [0.717, 1.165) is 37.1 Å². The molecule has 4 rings (SSSR count). The van der Waals surface area contributed by atoms with Crippen molar-refractivity contribution < 1.29 is 26.3 Å². The van der Waals surface area contributed by atoms with Crippen molar-refractivity contribution in [1.82, 2.24) is 9.97 Å². The van der Waals surface area contributed by atoms with Gasteiger partial charge in [-0.2, -0.15) is 13.2 Å². The number of ether oxygens (including phenoxy) is 1. The highest BCUT2D eigenvalue weighted by Crippen LogP contribution is 2.34. The molecule has 34 heavy (non-hydrogen) atoms. The third kappa shape index (κ3) is 5.57. The van der Waals surface area contributed by atoms with Gasteiger partial charge in [0.25, 0.3) is 10.0 Å². The summed E-state index contributed by atoms with van der Waals surface area (Å²) in [5.41, 5.74) is -0.490. The molecule has 2 N–H and O–H groups in total. The Morgan fingerprint density at radius 2 is 1.62 bits per heavy atom. The lowest BCUT2D eigenvalue weighted by atomic mass is 10.2. The zero-order valence-corrected chi connectivity index (χ0v) is 18.9. The molecule has 0 atom stereocenters. The molecule has 0 unspecified atom stereocenters. The Labute approximate surface area is 194 Å². The minimum Gasteiger partial charge on any atom is -0.378 e. The molecule has 0 bridgehead atoms. The number of nitrogens with zero attached hydrogens (tertiary/aromatic N) is 3. The van der Waals surface area contributed by atoms with E-state index >= 15 is 0 Å². The maximum Gasteiger partial charge on any atom is 0.417 e. The van der Waals surface area contributed by atoms with Gasteiger partial charge in [-0.25, -0.2) is 18.4 Å². The van der Waals surface area contributed by atoms with Crippen LogP contribution in [-0.4, -0.2) is 44.7 Å². The van der Waals surface area contributed by atoms with E-state index in [1.165, 1.54) is 18.2 Å². The zero-order valence-electron chi connectivity index (χ0n) is 18.1. The highest BCUT2D eigenvalue weighted by atomic mass is 32.2. The number of nitrogens with one attached hydrogen (secondary N) is 2. The quantitative estimate of drug-likeness (QED) is 0.532. The topological polar surface area (TPSA) is 96.5 Å². The first kappa shape index (κ1) is 23.8. The summed E-state index contributed by atoms with van der Waals surface area (Å²) in [6.07, 6.45) is -4.80. The highest BCUT2D eigenvalue weighted by molar-refractivity contribution is 7.92. The molecule has 0 amide bonds. The Balaban J connectivity index is 1.50. The summed E-state index contributed by atoms with van der Waals surface area (Å²) in [4.78, 5) is 10.1. The highest BCUT2D eigenvalue weighted by Gasteiger charge is 2.36. The second-order valence-corrected chi connectivity index (χ2v) is 9.21. The average Bonchev–Trinajstić information content (AvgIpc) is 2.80. The van der Waals surface area contributed by atoms with E-state index in [9.17, 15) is 21.6 Å². The zero-order chi connectivity index (χ0) is 24.3. The van der Waals surface area contributed by atoms with Crippen LogP contribution in [0, 0.1) is 6.92 Å². The first-order valence-electron chi connectivity index (χ1n) is 10.4. The fourth-order valence-electron chi connectivity index (χ4n) is 3.49. The number of anilines is 4. The standard InChI is InChI=1S/C22H22F3N5O3S/c1-15-26-20(14-21(27-15)30-10-12-33-13-11-30)28-16-6-8-17(9-7-16)29-34(31,32)19-5-3-2-4-18(19)22(23,24)25/h2-9,14,29H,10-13H2,1H3,(H,26,27,28). The molecular formula is C22H22F3N5O3S. The van der Waals surface area contributed by atoms with Crippen molar-refractivity contribution >= 4 is 33.0 Å². The van der Waals surface area contributed by atoms with Gasteiger partial charge in [0.1, 0.15) is 17.5 Å². The number of sulfonamides is 1. The molecule has 1 aliphatic rings. The molecule has 12 heteroatoms. The van der Waals surface area contributed by atoms with Crippen molar-refractivity contribution in [2.75, 3.05) is 41.2 Å². The Kier molecular flexibility index (Phi) is 6.62. The van der Waals surface area contributed by atoms with Gasteiger partial charge in [0, 0.05) is 30.5 Å². The van der Waals surface area contributed by atoms with Crippen LogP contribution in [0.4, 0.5) is 36.2 Å². The van der Waals surface area contributed by atoms with Crippen molar-refractivity contribution in [3.63, 3.8) is 0 Å². The summed E-state index contributed by atoms with van der Waals surface area (Å²) in [6.45, 7) is 4.48. The van der Waals surface area contributed by atoms with E-state index < -0.39 is 26.7 Å². The minimum absolute atomic E-state index is 0.121. The molecule has 180 valence electrons. The fraction of sp³-hybridized carbons (Fsp3) is 0.273. The van der Waals surface area contributed by atoms with Crippen molar-refractivity contribution in [3.05, 3.63) is 66.0 Å². The van der Waals surface area contributed by atoms with Gasteiger partial charge in [0.05, 0.1) is 23.7 Å². The second-order valence-electron chi connectivity index (χ2n) is 7.56. The molecule has 1 fully saturated rings. The second kappa shape index (κ2) is 9.47. The predicted octanol–water partition coefficient (Wildman–Crippen LogP) is 4.18. The number of aryl methyl sites for hydroxylation is 1. The van der Waals surface area contributed by atoms with Crippen molar-refractivity contribution in [3.8, 4) is 0 Å². The molecule has 2 aromatic carbocycles. The van der Waals surface area contributed by atoms with Crippen LogP contribution in [-0.2, 0) is 20.9 Å². The lowest BCUT2D eigenvalue weighted by Gasteiger charge is -2.28. The molecule has 0 radical (unpaired) electrons. The van der Waals surface area contributed by atoms with E-state index in [4.69, 9.17) is 4.74 Å². The van der Waals surface area contributed by atoms with Crippen molar-refractivity contribution in [2.45, 2.75) is 18.0 Å². The lowest BCUT2D eigenvalue weighted by Crippen LogP contribution is -2.36. The Bertz CT molecular complexity index is 1260. The van der Waals surface area contributed by atoms with E-state index in [-0.39, 0.29) is 5.69 Å². The molecule has 3 aromatic rings. The van der Waals surface area contributed by atoms with Gasteiger partial charge in [-0.05, 0) is 43.3 Å². The van der Waals surface area contributed by atoms with Crippen LogP contribution < -0.4 is 14.9 Å². The molecule has 0 saturated carbocycles. The summed E-state index contributed by atoms with van der Waals surface area (Å²) in [5.74, 6) is 1.91. The molecule has 0 spiro atoms. The maximum atomic E-state index is 13.2. The Morgan fingerprint density at radius 1 is 0.971 bits per heavy atom. The molecule has 1 aromatic heterocycles. The predicted molar refractivity (Wildman–Crippen MR) is 122 cm³/mol. The summed E-state index contributed by atoms with van der Waals surface area (Å²) in [7, 11) is -4.45. The number of hydrogen-bond acceptors (Lipinski definition) is 7. The summed E-state index contributed by atoms with van der Waals surface area (Å²) >= 11 is 0. The first-order chi connectivity index (χ1) is 16.1. The van der Waals surface area contributed by atoms with Crippen LogP contribution in [0.2, 0.25) is 0 Å². The number of rotatable bonds is 6. The number of alkyl halides is 3. The number of benzene rings is 2. The molecule has 8 nitrogen and oxygen atoms in total. The van der Waals surface area contributed by atoms with Gasteiger partial charge in [-0.1, -0.05) is 12.1 Å². The smallest absolute Gasteiger partial charge is 0.378 e. The SMILES string of the molecule is Cc1nc(Nc2ccc(NS(=O)(=O)c3ccccc3C(F)(F)F)cc2)cc(N2CCOCC2)n1. The number of morpholine rings is 1. The number of halogens is 3. The van der Waals surface area contributed by atoms with Gasteiger partial charge in [-0.3, -0.25) is 4.72 Å². The van der Waals surface area contributed by atoms with E-state index in [0.29, 0.717) is 30.5 Å². The lowest BCUT2D eigenvalue weighted by molar-refractivity contribution is -0.139. The normalized spacial score (nSPS) is 14.6. The van der Waals surface area contributed by atoms with Gasteiger partial charge in [-0.15, -0.1) is 0 Å². The van der Waals surface area contributed by atoms with Gasteiger partial charge in [0.15, 0.2) is 0 Å². The minimum atomic E-state index is -4.80. The van der Waals surface area contributed by atoms with Crippen LogP contribution in [0.3, 0.4) is 0 Å². The summed E-state index contributed by atoms with van der Waals surface area (Å²) in [6, 6.07) is 11.9. The third-order valence-electron chi connectivity index (χ3n) is 5.05. The third-order valence-corrected chi connectivity index (χ3v) is 6.49. The van der Waals surface area contributed by atoms with E-state index in [1.54, 1.807) is 19.1 Å². The molecule has 0 aliphatic carbocycles. The largest absolute Gasteiger partial charge is 0.417 e.